The van der Waals surface area contributed by atoms with E-state index in [1.54, 1.807) is 7.05 Å². The predicted octanol–water partition coefficient (Wildman–Crippen LogP) is -0.901. The van der Waals surface area contributed by atoms with Crippen molar-refractivity contribution in [2.45, 2.75) is 31.3 Å². The van der Waals surface area contributed by atoms with E-state index >= 15 is 0 Å². The largest absolute Gasteiger partial charge is 0.347 e. The van der Waals surface area contributed by atoms with Crippen LogP contribution >= 0.6 is 0 Å². The summed E-state index contributed by atoms with van der Waals surface area (Å²) in [6.07, 6.45) is 1.81. The average molecular weight is 293 g/mol. The van der Waals surface area contributed by atoms with Crippen LogP contribution in [0, 0.1) is 0 Å². The first kappa shape index (κ1) is 14.5. The zero-order valence-corrected chi connectivity index (χ0v) is 12.7. The Morgan fingerprint density at radius 2 is 2.05 bits per heavy atom. The number of nitrogens with zero attached hydrogens (tertiary/aromatic N) is 4. The van der Waals surface area contributed by atoms with Gasteiger partial charge in [-0.2, -0.15) is 5.10 Å². The normalized spacial score (nSPS) is 31.0. The Morgan fingerprint density at radius 3 is 2.81 bits per heavy atom. The molecule has 0 aliphatic carbocycles. The van der Waals surface area contributed by atoms with Gasteiger partial charge in [0.25, 0.3) is 5.91 Å². The highest BCUT2D eigenvalue weighted by molar-refractivity contribution is 6.39. The molecule has 7 heteroatoms. The number of rotatable bonds is 2. The second kappa shape index (κ2) is 5.73. The van der Waals surface area contributed by atoms with Crippen molar-refractivity contribution >= 4 is 17.5 Å². The summed E-state index contributed by atoms with van der Waals surface area (Å²) in [5.41, 5.74) is 0.471. The molecule has 0 aromatic carbocycles. The van der Waals surface area contributed by atoms with Crippen molar-refractivity contribution < 1.29 is 9.59 Å². The summed E-state index contributed by atoms with van der Waals surface area (Å²) < 4.78 is 0. The molecule has 0 spiro atoms. The van der Waals surface area contributed by atoms with Gasteiger partial charge in [-0.3, -0.25) is 14.5 Å². The molecule has 0 aromatic rings. The first-order valence-electron chi connectivity index (χ1n) is 7.60. The molecule has 0 aromatic heterocycles. The average Bonchev–Trinajstić information content (AvgIpc) is 2.83. The van der Waals surface area contributed by atoms with E-state index in [0.29, 0.717) is 24.6 Å². The SMILES string of the molecule is CN1CCN2C[C@@H](NC(=O)C3=NN(C)C(=O)CC3)C[C@H]2C1. The molecule has 7 nitrogen and oxygen atoms in total. The Morgan fingerprint density at radius 1 is 1.24 bits per heavy atom. The van der Waals surface area contributed by atoms with Crippen LogP contribution in [0.25, 0.3) is 0 Å². The lowest BCUT2D eigenvalue weighted by atomic mass is 10.1. The molecule has 1 N–H and O–H groups in total. The number of carbonyl (C=O) groups is 2. The molecule has 3 heterocycles. The Balaban J connectivity index is 1.57. The fraction of sp³-hybridized carbons (Fsp3) is 0.786. The molecular weight excluding hydrogens is 270 g/mol. The Kier molecular flexibility index (Phi) is 3.95. The summed E-state index contributed by atoms with van der Waals surface area (Å²) in [5.74, 6) is -0.153. The van der Waals surface area contributed by atoms with Crippen molar-refractivity contribution in [3.8, 4) is 0 Å². The van der Waals surface area contributed by atoms with Crippen LogP contribution in [0.1, 0.15) is 19.3 Å². The molecule has 2 saturated heterocycles. The van der Waals surface area contributed by atoms with E-state index < -0.39 is 0 Å². The number of piperazine rings is 1. The first-order chi connectivity index (χ1) is 10.0. The highest BCUT2D eigenvalue weighted by Crippen LogP contribution is 2.21. The minimum Gasteiger partial charge on any atom is -0.347 e. The third kappa shape index (κ3) is 3.08. The van der Waals surface area contributed by atoms with Gasteiger partial charge in [0.05, 0.1) is 0 Å². The number of hydrogen-bond acceptors (Lipinski definition) is 5. The van der Waals surface area contributed by atoms with Crippen molar-refractivity contribution in [2.75, 3.05) is 40.3 Å². The summed E-state index contributed by atoms with van der Waals surface area (Å²) in [7, 11) is 3.74. The minimum atomic E-state index is -0.118. The van der Waals surface area contributed by atoms with Gasteiger partial charge in [-0.1, -0.05) is 0 Å². The van der Waals surface area contributed by atoms with Crippen molar-refractivity contribution in [3.05, 3.63) is 0 Å². The van der Waals surface area contributed by atoms with Gasteiger partial charge in [-0.15, -0.1) is 0 Å². The van der Waals surface area contributed by atoms with E-state index in [1.807, 2.05) is 0 Å². The van der Waals surface area contributed by atoms with Crippen LogP contribution in [0.15, 0.2) is 5.10 Å². The Hall–Kier alpha value is -1.47. The van der Waals surface area contributed by atoms with Crippen LogP contribution < -0.4 is 5.32 Å². The maximum absolute atomic E-state index is 12.3. The molecule has 3 rings (SSSR count). The van der Waals surface area contributed by atoms with Crippen molar-refractivity contribution in [1.82, 2.24) is 20.1 Å². The number of likely N-dealkylation sites (N-methyl/N-ethyl adjacent to an activating group) is 1. The van der Waals surface area contributed by atoms with Crippen LogP contribution in [-0.2, 0) is 9.59 Å². The Labute approximate surface area is 124 Å². The standard InChI is InChI=1S/C14H23N5O2/c1-17-5-6-19-8-10(7-11(19)9-17)15-14(21)12-3-4-13(20)18(2)16-12/h10-11H,3-9H2,1-2H3,(H,15,21)/t10-,11-/m0/s1. The lowest BCUT2D eigenvalue weighted by molar-refractivity contribution is -0.130. The number of hydrogen-bond donors (Lipinski definition) is 1. The topological polar surface area (TPSA) is 68.2 Å². The van der Waals surface area contributed by atoms with Crippen molar-refractivity contribution in [2.24, 2.45) is 5.10 Å². The zero-order valence-electron chi connectivity index (χ0n) is 12.7. The van der Waals surface area contributed by atoms with Gasteiger partial charge in [0.2, 0.25) is 5.91 Å². The van der Waals surface area contributed by atoms with E-state index in [1.165, 1.54) is 5.01 Å². The molecule has 0 unspecified atom stereocenters. The van der Waals surface area contributed by atoms with Gasteiger partial charge < -0.3 is 10.2 Å². The van der Waals surface area contributed by atoms with Gasteiger partial charge in [-0.25, -0.2) is 5.01 Å². The highest BCUT2D eigenvalue weighted by atomic mass is 16.2. The van der Waals surface area contributed by atoms with Crippen LogP contribution in [-0.4, -0.2) is 84.7 Å². The summed E-state index contributed by atoms with van der Waals surface area (Å²) in [6, 6.07) is 0.742. The molecule has 0 saturated carbocycles. The molecule has 2 fully saturated rings. The predicted molar refractivity (Wildman–Crippen MR) is 78.8 cm³/mol. The third-order valence-corrected chi connectivity index (χ3v) is 4.62. The number of carbonyl (C=O) groups excluding carboxylic acids is 2. The van der Waals surface area contributed by atoms with Crippen LogP contribution in [0.2, 0.25) is 0 Å². The van der Waals surface area contributed by atoms with Gasteiger partial charge in [0, 0.05) is 58.2 Å². The molecule has 2 amide bonds. The molecular formula is C14H23N5O2. The van der Waals surface area contributed by atoms with Gasteiger partial charge in [0.1, 0.15) is 5.71 Å². The van der Waals surface area contributed by atoms with E-state index in [-0.39, 0.29) is 17.9 Å². The van der Waals surface area contributed by atoms with Gasteiger partial charge >= 0.3 is 0 Å². The van der Waals surface area contributed by atoms with Crippen molar-refractivity contribution in [3.63, 3.8) is 0 Å². The van der Waals surface area contributed by atoms with Crippen LogP contribution in [0.3, 0.4) is 0 Å². The molecule has 3 aliphatic rings. The highest BCUT2D eigenvalue weighted by Gasteiger charge is 2.36. The molecule has 3 aliphatic heterocycles. The lowest BCUT2D eigenvalue weighted by Gasteiger charge is -2.34. The van der Waals surface area contributed by atoms with Crippen molar-refractivity contribution in [1.29, 1.82) is 0 Å². The molecule has 0 radical (unpaired) electrons. The number of hydrazone groups is 1. The summed E-state index contributed by atoms with van der Waals surface area (Å²) >= 11 is 0. The van der Waals surface area contributed by atoms with Crippen LogP contribution in [0.4, 0.5) is 0 Å². The van der Waals surface area contributed by atoms with E-state index in [0.717, 1.165) is 32.6 Å². The maximum Gasteiger partial charge on any atom is 0.267 e. The Bertz CT molecular complexity index is 478. The number of amides is 2. The minimum absolute atomic E-state index is 0.0346. The molecule has 116 valence electrons. The van der Waals surface area contributed by atoms with E-state index in [4.69, 9.17) is 0 Å². The smallest absolute Gasteiger partial charge is 0.267 e. The molecule has 0 bridgehead atoms. The first-order valence-corrected chi connectivity index (χ1v) is 7.60. The maximum atomic E-state index is 12.3. The second-order valence-electron chi connectivity index (χ2n) is 6.28. The van der Waals surface area contributed by atoms with Gasteiger partial charge in [0.15, 0.2) is 0 Å². The third-order valence-electron chi connectivity index (χ3n) is 4.62. The van der Waals surface area contributed by atoms with Crippen LogP contribution in [0.5, 0.6) is 0 Å². The molecule has 21 heavy (non-hydrogen) atoms. The summed E-state index contributed by atoms with van der Waals surface area (Å²) in [5, 5.41) is 8.43. The molecule has 2 atom stereocenters. The zero-order chi connectivity index (χ0) is 15.0. The summed E-state index contributed by atoms with van der Waals surface area (Å²) in [4.78, 5) is 28.5. The quantitative estimate of drug-likeness (QED) is 0.716. The van der Waals surface area contributed by atoms with E-state index in [9.17, 15) is 9.59 Å². The lowest BCUT2D eigenvalue weighted by Crippen LogP contribution is -2.48. The van der Waals surface area contributed by atoms with E-state index in [2.05, 4.69) is 27.3 Å². The second-order valence-corrected chi connectivity index (χ2v) is 6.28. The fourth-order valence-corrected chi connectivity index (χ4v) is 3.40. The summed E-state index contributed by atoms with van der Waals surface area (Å²) in [6.45, 7) is 4.17. The fourth-order valence-electron chi connectivity index (χ4n) is 3.40. The number of fused-ring (bicyclic) bond motifs is 1. The van der Waals surface area contributed by atoms with Gasteiger partial charge in [-0.05, 0) is 13.5 Å². The monoisotopic (exact) mass is 293 g/mol. The number of nitrogens with one attached hydrogen (secondary N) is 1.